The molecule has 5 aliphatic heterocycles. The van der Waals surface area contributed by atoms with Gasteiger partial charge < -0.3 is 82.6 Å². The molecule has 636 valence electrons. The first kappa shape index (κ1) is 91.1. The second-order valence-corrected chi connectivity index (χ2v) is 57.9. The number of fused-ring (bicyclic) bond motifs is 5. The first-order chi connectivity index (χ1) is 54.4. The largest absolute Gasteiger partial charge is 0.390 e. The number of aliphatic hydroxyl groups excluding tert-OH is 5. The Kier molecular flexibility index (Phi) is 29.3. The third-order valence-corrected chi connectivity index (χ3v) is 30.7. The molecule has 44 heteroatoms. The van der Waals surface area contributed by atoms with Gasteiger partial charge in [0.1, 0.15) is 89.1 Å². The monoisotopic (exact) mass is 1900 g/mol. The zero-order valence-electron chi connectivity index (χ0n) is 67.3. The van der Waals surface area contributed by atoms with Crippen molar-refractivity contribution in [1.29, 1.82) is 0 Å². The summed E-state index contributed by atoms with van der Waals surface area (Å²) in [5, 5.41) is 51.9. The fraction of sp³-hybridized carbons (Fsp3) is 0.583. The number of hydrogen-bond acceptors (Lipinski definition) is 31. The highest BCUT2D eigenvalue weighted by Crippen LogP contribution is 2.48. The molecule has 116 heavy (non-hydrogen) atoms. The minimum atomic E-state index is -1.19. The second-order valence-electron chi connectivity index (χ2n) is 33.3. The molecule has 5 aliphatic rings. The van der Waals surface area contributed by atoms with Crippen LogP contribution in [0.25, 0.3) is 55.8 Å². The van der Waals surface area contributed by atoms with Crippen molar-refractivity contribution in [1.82, 2.24) is 97.6 Å². The molecule has 0 radical (unpaired) electrons. The highest BCUT2D eigenvalue weighted by Gasteiger charge is 2.49. The van der Waals surface area contributed by atoms with Gasteiger partial charge in [-0.05, 0) is 130 Å². The first-order valence-electron chi connectivity index (χ1n) is 37.6. The predicted molar refractivity (Wildman–Crippen MR) is 485 cm³/mol. The summed E-state index contributed by atoms with van der Waals surface area (Å²) >= 11 is 12.2. The lowest BCUT2D eigenvalue weighted by Gasteiger charge is -2.19. The van der Waals surface area contributed by atoms with Gasteiger partial charge in [-0.2, -0.15) is 0 Å². The van der Waals surface area contributed by atoms with Crippen LogP contribution in [0.4, 0.5) is 29.1 Å². The number of anilines is 5. The van der Waals surface area contributed by atoms with Crippen LogP contribution in [0.5, 0.6) is 0 Å². The maximum absolute atomic E-state index is 10.6. The summed E-state index contributed by atoms with van der Waals surface area (Å²) in [5.41, 5.74) is 34.8. The lowest BCUT2D eigenvalue weighted by molar-refractivity contribution is -0.0496. The molecule has 15 heterocycles. The lowest BCUT2D eigenvalue weighted by atomic mass is 10.0. The van der Waals surface area contributed by atoms with E-state index in [4.69, 9.17) is 68.7 Å². The van der Waals surface area contributed by atoms with Crippen LogP contribution in [-0.2, 0) is 28.4 Å². The molecule has 15 rings (SSSR count). The van der Waals surface area contributed by atoms with Gasteiger partial charge in [0.2, 0.25) is 0 Å². The molecule has 5 saturated heterocycles. The Morgan fingerprint density at radius 3 is 0.991 bits per heavy atom. The number of methoxy groups -OCH3 is 1. The molecule has 0 aliphatic carbocycles. The van der Waals surface area contributed by atoms with Gasteiger partial charge in [0.15, 0.2) is 82.2 Å². The molecule has 0 spiro atoms. The van der Waals surface area contributed by atoms with Gasteiger partial charge in [-0.15, -0.1) is 77.5 Å². The van der Waals surface area contributed by atoms with Crippen molar-refractivity contribution in [3.63, 3.8) is 0 Å². The van der Waals surface area contributed by atoms with Crippen molar-refractivity contribution in [2.45, 2.75) is 151 Å². The molecule has 0 aromatic carbocycles. The summed E-state index contributed by atoms with van der Waals surface area (Å²) < 4.78 is 44.8. The van der Waals surface area contributed by atoms with Gasteiger partial charge in [0, 0.05) is 13.0 Å². The van der Waals surface area contributed by atoms with E-state index < -0.39 is 88.9 Å². The number of halogens is 3. The summed E-state index contributed by atoms with van der Waals surface area (Å²) in [4.78, 5) is 61.9. The quantitative estimate of drug-likeness (QED) is 0.0204. The number of nitrogens with two attached hydrogens (primary N) is 5. The third-order valence-electron chi connectivity index (χ3n) is 20.6. The van der Waals surface area contributed by atoms with Crippen LogP contribution in [0.15, 0.2) is 63.3 Å². The molecule has 15 N–H and O–H groups in total. The van der Waals surface area contributed by atoms with Gasteiger partial charge in [-0.25, -0.2) is 74.8 Å². The maximum atomic E-state index is 10.6. The minimum Gasteiger partial charge on any atom is -0.390 e. The number of hydrogen-bond donors (Lipinski definition) is 10. The summed E-state index contributed by atoms with van der Waals surface area (Å²) in [6, 6.07) is 0. The van der Waals surface area contributed by atoms with Crippen LogP contribution >= 0.6 is 84.6 Å². The number of alkyl halides is 3. The van der Waals surface area contributed by atoms with Crippen LogP contribution in [0, 0.1) is 5.92 Å². The van der Waals surface area contributed by atoms with Crippen LogP contribution in [0.1, 0.15) is 70.2 Å². The van der Waals surface area contributed by atoms with Crippen LogP contribution in [0.3, 0.4) is 0 Å². The van der Waals surface area contributed by atoms with Crippen molar-refractivity contribution >= 4 is 201 Å². The summed E-state index contributed by atoms with van der Waals surface area (Å²) in [7, 11) is 1.56. The average Bonchev–Trinajstić information content (AvgIpc) is 1.65. The molecule has 36 nitrogen and oxygen atoms in total. The number of aromatic nitrogens is 20. The number of ether oxygens (including phenoxy) is 6. The van der Waals surface area contributed by atoms with E-state index in [0.29, 0.717) is 84.9 Å². The fourth-order valence-electron chi connectivity index (χ4n) is 14.0. The van der Waals surface area contributed by atoms with Gasteiger partial charge >= 0.3 is 0 Å². The van der Waals surface area contributed by atoms with Crippen molar-refractivity contribution in [2.24, 2.45) is 5.92 Å². The number of imidazole rings is 5. The zero-order valence-corrected chi connectivity index (χ0v) is 76.3. The van der Waals surface area contributed by atoms with E-state index in [2.05, 4.69) is 211 Å². The summed E-state index contributed by atoms with van der Waals surface area (Å²) in [6.45, 7) is 18.0. The fourth-order valence-corrected chi connectivity index (χ4v) is 20.9. The molecule has 5 fully saturated rings. The Morgan fingerprint density at radius 1 is 0.388 bits per heavy atom. The van der Waals surface area contributed by atoms with Crippen LogP contribution < -0.4 is 28.7 Å². The Bertz CT molecular complexity index is 4800. The molecule has 10 aromatic rings. The van der Waals surface area contributed by atoms with E-state index >= 15 is 0 Å². The first-order valence-corrected chi connectivity index (χ1v) is 55.4. The molecule has 10 aromatic heterocycles. The Balaban J connectivity index is 0.000000143. The van der Waals surface area contributed by atoms with Gasteiger partial charge in [-0.3, -0.25) is 22.8 Å². The molecular weight excluding hydrogens is 1790 g/mol. The van der Waals surface area contributed by atoms with Crippen molar-refractivity contribution < 1.29 is 54.0 Å². The van der Waals surface area contributed by atoms with Gasteiger partial charge in [0.25, 0.3) is 0 Å². The molecular formula is C72H111BrClIN25O11P5. The van der Waals surface area contributed by atoms with Gasteiger partial charge in [-0.1, -0.05) is 45.4 Å². The Morgan fingerprint density at radius 2 is 0.647 bits per heavy atom. The third kappa shape index (κ3) is 21.4. The highest BCUT2D eigenvalue weighted by atomic mass is 127. The van der Waals surface area contributed by atoms with E-state index in [1.54, 1.807) is 52.4 Å². The lowest BCUT2D eigenvalue weighted by Crippen LogP contribution is -2.33. The number of nitrogen functional groups attached to an aromatic ring is 5. The van der Waals surface area contributed by atoms with Gasteiger partial charge in [0.05, 0.1) is 89.2 Å². The number of rotatable bonds is 21. The standard InChI is InChI=1S/C15H24N5O3P.C15H24N5O2P.C14H21BrN5O2P.C14H21ClN5O2P.C14H21IN5O2P/c1-22-12-11(21)9(5-6-24(2,3)4)23-15(12)20-8-19-10-13(16)17-7-18-14(10)20;1-9-12(21)10(5-6-23(2,3)4)22-15(9)20-8-19-11-13(16)17-7-18-14(11)20;3*1-23(2,3)5-4-8-11(21)9(15)14(22-8)20-7-19-10-12(16)17-6-18-13(10)20/h7-9,11-12,15,21H,2,5-6H2,1,3-4H3,(H2,16,17,18);7-10,12,15,21H,2,5-6H2,1,3-4H3,(H2,16,17,18);3*6-9,11,14,21H,1,4-5H2,2-3H3,(H2,16,17,18)/t9-,11-,12-,15-;9-,10-,12+,15-;3*8-,9-,11-,14-/m11111/s1. The molecule has 0 saturated carbocycles. The predicted octanol–water partition coefficient (Wildman–Crippen LogP) is 6.66. The van der Waals surface area contributed by atoms with E-state index in [1.165, 1.54) is 31.6 Å². The topological polar surface area (TPSA) is 505 Å². The van der Waals surface area contributed by atoms with Crippen molar-refractivity contribution in [3.8, 4) is 0 Å². The molecule has 20 atom stereocenters. The molecule has 0 unspecified atom stereocenters. The highest BCUT2D eigenvalue weighted by molar-refractivity contribution is 14.1. The molecule has 0 amide bonds. The second kappa shape index (κ2) is 37.3. The average molecular weight is 1900 g/mol. The van der Waals surface area contributed by atoms with E-state index in [1.807, 2.05) is 16.1 Å². The van der Waals surface area contributed by atoms with Crippen LogP contribution in [0.2, 0.25) is 0 Å². The number of aliphatic hydroxyl groups is 5. The normalized spacial score (nSPS) is 28.4. The van der Waals surface area contributed by atoms with Crippen molar-refractivity contribution in [3.05, 3.63) is 63.3 Å². The maximum Gasteiger partial charge on any atom is 0.167 e. The number of nitrogens with zero attached hydrogens (tertiary/aromatic N) is 20. The van der Waals surface area contributed by atoms with E-state index in [-0.39, 0.29) is 63.9 Å². The van der Waals surface area contributed by atoms with E-state index in [9.17, 15) is 25.5 Å². The SMILES string of the molecule is C=P(C)(C)CC[C@H]1O[C@@H](n2cnc3c(N)ncnc32)[C@H](Br)[C@@H]1O.C=P(C)(C)CC[C@H]1O[C@@H](n2cnc3c(N)ncnc32)[C@H](C)[C@@H]1O.C=P(C)(C)CC[C@H]1O[C@@H](n2cnc3c(N)ncnc32)[C@H](Cl)[C@@H]1O.C=P(C)(C)CC[C@H]1O[C@@H](n2cnc3c(N)ncnc32)[C@H](I)[C@@H]1O.C=P(C)(C)CC[C@H]1O[C@@H](n2cnc3c(N)ncnc32)[C@H](OC)[C@@H]1O. The van der Waals surface area contributed by atoms with E-state index in [0.717, 1.165) is 62.9 Å². The van der Waals surface area contributed by atoms with Crippen molar-refractivity contribution in [2.75, 3.05) is 133 Å². The molecule has 0 bridgehead atoms. The minimum absolute atomic E-state index is 0.0557. The summed E-state index contributed by atoms with van der Waals surface area (Å²) in [6.07, 6.45) is 38.0. The smallest absolute Gasteiger partial charge is 0.167 e. The van der Waals surface area contributed by atoms with Crippen LogP contribution in [-0.4, -0.2) is 340 Å². The zero-order chi connectivity index (χ0) is 84.6. The summed E-state index contributed by atoms with van der Waals surface area (Å²) in [5.74, 6) is 1.58. The Labute approximate surface area is 701 Å². The Hall–Kier alpha value is -5.69.